The Bertz CT molecular complexity index is 1310. The Labute approximate surface area is 234 Å². The van der Waals surface area contributed by atoms with Gasteiger partial charge in [-0.05, 0) is 74.4 Å². The third-order valence-electron chi connectivity index (χ3n) is 7.16. The SMILES string of the molecule is Cc1cccc(CN(CCO[C@H]2CCCC(OCc3cccc(C)c3C(=O)O)C2)C(=O)Nc2cccc(F)c2)c1. The maximum atomic E-state index is 13.7. The smallest absolute Gasteiger partial charge is 0.336 e. The molecule has 2 N–H and O–H groups in total. The topological polar surface area (TPSA) is 88.1 Å². The van der Waals surface area contributed by atoms with Crippen LogP contribution >= 0.6 is 0 Å². The van der Waals surface area contributed by atoms with Crippen molar-refractivity contribution < 1.29 is 28.6 Å². The molecule has 1 aliphatic carbocycles. The summed E-state index contributed by atoms with van der Waals surface area (Å²) in [5, 5.41) is 12.4. The molecule has 212 valence electrons. The zero-order valence-electron chi connectivity index (χ0n) is 23.1. The predicted molar refractivity (Wildman–Crippen MR) is 152 cm³/mol. The van der Waals surface area contributed by atoms with E-state index in [2.05, 4.69) is 5.32 Å². The van der Waals surface area contributed by atoms with Gasteiger partial charge in [0.1, 0.15) is 5.82 Å². The molecule has 0 heterocycles. The number of carboxylic acid groups (broad SMARTS) is 1. The van der Waals surface area contributed by atoms with Crippen LogP contribution in [0.4, 0.5) is 14.9 Å². The monoisotopic (exact) mass is 548 g/mol. The first kappa shape index (κ1) is 29.2. The van der Waals surface area contributed by atoms with Crippen LogP contribution in [0.3, 0.4) is 0 Å². The lowest BCUT2D eigenvalue weighted by molar-refractivity contribution is -0.0524. The number of hydrogen-bond donors (Lipinski definition) is 2. The van der Waals surface area contributed by atoms with E-state index in [0.717, 1.165) is 36.0 Å². The molecule has 1 fully saturated rings. The van der Waals surface area contributed by atoms with Gasteiger partial charge in [-0.15, -0.1) is 0 Å². The summed E-state index contributed by atoms with van der Waals surface area (Å²) in [6.07, 6.45) is 3.41. The van der Waals surface area contributed by atoms with Gasteiger partial charge in [0.2, 0.25) is 0 Å². The summed E-state index contributed by atoms with van der Waals surface area (Å²) in [7, 11) is 0. The second-order valence-electron chi connectivity index (χ2n) is 10.4. The first-order valence-electron chi connectivity index (χ1n) is 13.7. The van der Waals surface area contributed by atoms with Gasteiger partial charge < -0.3 is 24.8 Å². The van der Waals surface area contributed by atoms with Crippen molar-refractivity contribution in [3.05, 3.63) is 100 Å². The van der Waals surface area contributed by atoms with Gasteiger partial charge in [0.15, 0.2) is 0 Å². The Kier molecular flexibility index (Phi) is 10.3. The molecule has 0 saturated heterocycles. The molecule has 40 heavy (non-hydrogen) atoms. The zero-order chi connectivity index (χ0) is 28.5. The number of urea groups is 1. The summed E-state index contributed by atoms with van der Waals surface area (Å²) in [4.78, 5) is 26.5. The van der Waals surface area contributed by atoms with Crippen molar-refractivity contribution in [2.75, 3.05) is 18.5 Å². The van der Waals surface area contributed by atoms with E-state index in [9.17, 15) is 19.1 Å². The maximum Gasteiger partial charge on any atom is 0.336 e. The first-order valence-corrected chi connectivity index (χ1v) is 13.7. The zero-order valence-corrected chi connectivity index (χ0v) is 23.1. The highest BCUT2D eigenvalue weighted by atomic mass is 19.1. The van der Waals surface area contributed by atoms with Crippen LogP contribution in [0.2, 0.25) is 0 Å². The standard InChI is InChI=1S/C32H37FN2O5/c1-22-7-3-9-24(17-22)20-35(32(38)34-27-12-5-11-26(33)18-27)15-16-39-28-13-6-14-29(19-28)40-21-25-10-4-8-23(2)30(25)31(36)37/h3-5,7-12,17-18,28-29H,6,13-16,19-21H2,1-2H3,(H,34,38)(H,36,37)/t28-,29?/m0/s1. The van der Waals surface area contributed by atoms with E-state index in [1.54, 1.807) is 36.1 Å². The molecule has 0 spiro atoms. The third kappa shape index (κ3) is 8.37. The number of nitrogens with zero attached hydrogens (tertiary/aromatic N) is 1. The van der Waals surface area contributed by atoms with Crippen molar-refractivity contribution in [3.8, 4) is 0 Å². The van der Waals surface area contributed by atoms with E-state index in [-0.39, 0.29) is 24.8 Å². The first-order chi connectivity index (χ1) is 19.3. The average Bonchev–Trinajstić information content (AvgIpc) is 2.91. The molecular formula is C32H37FN2O5. The van der Waals surface area contributed by atoms with Gasteiger partial charge in [-0.25, -0.2) is 14.0 Å². The number of carbonyl (C=O) groups is 2. The lowest BCUT2D eigenvalue weighted by atomic mass is 9.94. The number of aryl methyl sites for hydroxylation is 2. The number of ether oxygens (including phenoxy) is 2. The minimum absolute atomic E-state index is 0.0118. The molecule has 4 rings (SSSR count). The molecule has 1 saturated carbocycles. The highest BCUT2D eigenvalue weighted by molar-refractivity contribution is 5.91. The van der Waals surface area contributed by atoms with E-state index >= 15 is 0 Å². The van der Waals surface area contributed by atoms with Crippen molar-refractivity contribution in [1.29, 1.82) is 0 Å². The molecule has 0 aliphatic heterocycles. The van der Waals surface area contributed by atoms with Crippen LogP contribution in [0, 0.1) is 19.7 Å². The van der Waals surface area contributed by atoms with Crippen LogP contribution in [-0.4, -0.2) is 47.4 Å². The molecule has 3 aromatic rings. The molecule has 0 radical (unpaired) electrons. The largest absolute Gasteiger partial charge is 0.478 e. The molecular weight excluding hydrogens is 511 g/mol. The van der Waals surface area contributed by atoms with Crippen LogP contribution in [0.5, 0.6) is 0 Å². The average molecular weight is 549 g/mol. The van der Waals surface area contributed by atoms with E-state index in [4.69, 9.17) is 9.47 Å². The Morgan fingerprint density at radius 3 is 2.50 bits per heavy atom. The van der Waals surface area contributed by atoms with Gasteiger partial charge >= 0.3 is 12.0 Å². The predicted octanol–water partition coefficient (Wildman–Crippen LogP) is 6.72. The second kappa shape index (κ2) is 14.1. The summed E-state index contributed by atoms with van der Waals surface area (Å²) in [5.41, 5.74) is 4.19. The van der Waals surface area contributed by atoms with Gasteiger partial charge in [0.25, 0.3) is 0 Å². The van der Waals surface area contributed by atoms with Gasteiger partial charge in [-0.2, -0.15) is 0 Å². The number of amides is 2. The van der Waals surface area contributed by atoms with E-state index < -0.39 is 11.8 Å². The molecule has 1 aliphatic rings. The van der Waals surface area contributed by atoms with E-state index in [1.165, 1.54) is 12.1 Å². The van der Waals surface area contributed by atoms with Crippen LogP contribution in [-0.2, 0) is 22.6 Å². The Balaban J connectivity index is 1.32. The maximum absolute atomic E-state index is 13.7. The van der Waals surface area contributed by atoms with Crippen LogP contribution in [0.15, 0.2) is 66.7 Å². The number of benzene rings is 3. The Morgan fingerprint density at radius 2 is 1.75 bits per heavy atom. The number of hydrogen-bond acceptors (Lipinski definition) is 4. The van der Waals surface area contributed by atoms with Crippen LogP contribution in [0.1, 0.15) is 58.3 Å². The number of rotatable bonds is 11. The van der Waals surface area contributed by atoms with Crippen LogP contribution in [0.25, 0.3) is 0 Å². The molecule has 0 aromatic heterocycles. The van der Waals surface area contributed by atoms with Crippen molar-refractivity contribution in [1.82, 2.24) is 4.90 Å². The van der Waals surface area contributed by atoms with Gasteiger partial charge in [0.05, 0.1) is 31.0 Å². The fourth-order valence-corrected chi connectivity index (χ4v) is 5.15. The summed E-state index contributed by atoms with van der Waals surface area (Å²) in [5.74, 6) is -1.36. The normalized spacial score (nSPS) is 16.9. The molecule has 7 nitrogen and oxygen atoms in total. The number of aromatic carboxylic acids is 1. The second-order valence-corrected chi connectivity index (χ2v) is 10.4. The highest BCUT2D eigenvalue weighted by Gasteiger charge is 2.25. The van der Waals surface area contributed by atoms with Gasteiger partial charge in [-0.3, -0.25) is 0 Å². The molecule has 1 unspecified atom stereocenters. The summed E-state index contributed by atoms with van der Waals surface area (Å²) in [6, 6.07) is 18.9. The number of halogens is 1. The Morgan fingerprint density at radius 1 is 1.00 bits per heavy atom. The summed E-state index contributed by atoms with van der Waals surface area (Å²) in [6.45, 7) is 5.14. The summed E-state index contributed by atoms with van der Waals surface area (Å²) < 4.78 is 26.0. The molecule has 3 aromatic carbocycles. The van der Waals surface area contributed by atoms with Gasteiger partial charge in [0, 0.05) is 18.8 Å². The number of nitrogens with one attached hydrogen (secondary N) is 1. The molecule has 0 bridgehead atoms. The lowest BCUT2D eigenvalue weighted by Crippen LogP contribution is -2.38. The van der Waals surface area contributed by atoms with Crippen molar-refractivity contribution in [3.63, 3.8) is 0 Å². The fraction of sp³-hybridized carbons (Fsp3) is 0.375. The highest BCUT2D eigenvalue weighted by Crippen LogP contribution is 2.26. The van der Waals surface area contributed by atoms with E-state index in [1.807, 2.05) is 37.3 Å². The van der Waals surface area contributed by atoms with Crippen molar-refractivity contribution >= 4 is 17.7 Å². The molecule has 8 heteroatoms. The number of carbonyl (C=O) groups excluding carboxylic acids is 1. The van der Waals surface area contributed by atoms with E-state index in [0.29, 0.717) is 42.9 Å². The van der Waals surface area contributed by atoms with Crippen molar-refractivity contribution in [2.45, 2.75) is 64.9 Å². The quantitative estimate of drug-likeness (QED) is 0.278. The summed E-state index contributed by atoms with van der Waals surface area (Å²) >= 11 is 0. The molecule has 2 amide bonds. The minimum atomic E-state index is -0.946. The molecule has 2 atom stereocenters. The third-order valence-corrected chi connectivity index (χ3v) is 7.16. The lowest BCUT2D eigenvalue weighted by Gasteiger charge is -2.30. The minimum Gasteiger partial charge on any atom is -0.478 e. The van der Waals surface area contributed by atoms with Crippen molar-refractivity contribution in [2.24, 2.45) is 0 Å². The van der Waals surface area contributed by atoms with Crippen LogP contribution < -0.4 is 5.32 Å². The number of anilines is 1. The fourth-order valence-electron chi connectivity index (χ4n) is 5.15. The van der Waals surface area contributed by atoms with Gasteiger partial charge in [-0.1, -0.05) is 54.1 Å². The number of carboxylic acids is 1. The Hall–Kier alpha value is -3.75.